The molecule has 1 fully saturated rings. The molecule has 1 aliphatic rings. The number of benzene rings is 2. The molecule has 0 aliphatic carbocycles. The second-order valence-electron chi connectivity index (χ2n) is 5.97. The maximum absolute atomic E-state index is 14.1. The van der Waals surface area contributed by atoms with Crippen LogP contribution in [0, 0.1) is 5.82 Å². The Hall–Kier alpha value is -2.40. The number of rotatable bonds is 3. The fourth-order valence-electron chi connectivity index (χ4n) is 3.18. The highest BCUT2D eigenvalue weighted by molar-refractivity contribution is 5.79. The molecule has 1 aliphatic heterocycles. The minimum absolute atomic E-state index is 0.210. The molecular formula is C18H18FN3O. The van der Waals surface area contributed by atoms with Crippen LogP contribution in [-0.4, -0.2) is 33.9 Å². The summed E-state index contributed by atoms with van der Waals surface area (Å²) >= 11 is 0. The normalized spacial score (nSPS) is 18.0. The first-order valence-electron chi connectivity index (χ1n) is 7.84. The zero-order valence-electron chi connectivity index (χ0n) is 12.7. The standard InChI is InChI=1S/C18H18FN3O/c19-15-6-2-1-5-13(15)11-22-17-8-4-3-7-16(17)20-18(22)21-10-9-14(23)12-21/h1-8,14,23H,9-12H2/t14-/m1/s1. The number of β-amino-alcohol motifs (C(OH)–C–C–N with tert-alkyl or cyclic N) is 1. The van der Waals surface area contributed by atoms with Gasteiger partial charge >= 0.3 is 0 Å². The van der Waals surface area contributed by atoms with Crippen molar-refractivity contribution in [3.8, 4) is 0 Å². The molecule has 23 heavy (non-hydrogen) atoms. The average molecular weight is 311 g/mol. The van der Waals surface area contributed by atoms with E-state index in [0.29, 0.717) is 18.7 Å². The van der Waals surface area contributed by atoms with E-state index >= 15 is 0 Å². The molecule has 2 aromatic carbocycles. The van der Waals surface area contributed by atoms with E-state index in [1.54, 1.807) is 12.1 Å². The number of aliphatic hydroxyl groups is 1. The lowest BCUT2D eigenvalue weighted by molar-refractivity contribution is 0.198. The van der Waals surface area contributed by atoms with Crippen molar-refractivity contribution in [2.75, 3.05) is 18.0 Å². The second-order valence-corrected chi connectivity index (χ2v) is 5.97. The maximum Gasteiger partial charge on any atom is 0.206 e. The fraction of sp³-hybridized carbons (Fsp3) is 0.278. The third-order valence-corrected chi connectivity index (χ3v) is 4.37. The van der Waals surface area contributed by atoms with Gasteiger partial charge < -0.3 is 14.6 Å². The van der Waals surface area contributed by atoms with E-state index in [2.05, 4.69) is 4.90 Å². The smallest absolute Gasteiger partial charge is 0.206 e. The van der Waals surface area contributed by atoms with Gasteiger partial charge in [-0.1, -0.05) is 30.3 Å². The molecule has 0 unspecified atom stereocenters. The molecule has 118 valence electrons. The Morgan fingerprint density at radius 3 is 2.70 bits per heavy atom. The summed E-state index contributed by atoms with van der Waals surface area (Å²) in [7, 11) is 0. The van der Waals surface area contributed by atoms with E-state index in [0.717, 1.165) is 29.9 Å². The molecule has 3 aromatic rings. The van der Waals surface area contributed by atoms with Crippen molar-refractivity contribution in [2.45, 2.75) is 19.1 Å². The van der Waals surface area contributed by atoms with Crippen LogP contribution < -0.4 is 4.90 Å². The zero-order valence-corrected chi connectivity index (χ0v) is 12.7. The number of fused-ring (bicyclic) bond motifs is 1. The average Bonchev–Trinajstić information content (AvgIpc) is 3.14. The Bertz CT molecular complexity index is 845. The van der Waals surface area contributed by atoms with Gasteiger partial charge in [0.2, 0.25) is 5.95 Å². The number of para-hydroxylation sites is 2. The summed E-state index contributed by atoms with van der Waals surface area (Å²) in [5.74, 6) is 0.587. The van der Waals surface area contributed by atoms with Gasteiger partial charge in [0.15, 0.2) is 0 Å². The zero-order chi connectivity index (χ0) is 15.8. The summed E-state index contributed by atoms with van der Waals surface area (Å²) in [6.45, 7) is 1.76. The first-order chi connectivity index (χ1) is 11.2. The lowest BCUT2D eigenvalue weighted by Gasteiger charge is -2.19. The van der Waals surface area contributed by atoms with E-state index in [1.165, 1.54) is 6.07 Å². The summed E-state index contributed by atoms with van der Waals surface area (Å²) in [5, 5.41) is 9.82. The Morgan fingerprint density at radius 2 is 1.91 bits per heavy atom. The molecule has 0 radical (unpaired) electrons. The van der Waals surface area contributed by atoms with Gasteiger partial charge in [0.1, 0.15) is 5.82 Å². The highest BCUT2D eigenvalue weighted by atomic mass is 19.1. The first kappa shape index (κ1) is 14.2. The number of aromatic nitrogens is 2. The van der Waals surface area contributed by atoms with E-state index in [-0.39, 0.29) is 11.9 Å². The molecule has 0 amide bonds. The van der Waals surface area contributed by atoms with Crippen LogP contribution in [0.2, 0.25) is 0 Å². The monoisotopic (exact) mass is 311 g/mol. The molecule has 4 rings (SSSR count). The summed E-state index contributed by atoms with van der Waals surface area (Å²) in [5.41, 5.74) is 2.50. The van der Waals surface area contributed by atoms with Crippen LogP contribution in [-0.2, 0) is 6.54 Å². The largest absolute Gasteiger partial charge is 0.391 e. The summed E-state index contributed by atoms with van der Waals surface area (Å²) < 4.78 is 16.1. The van der Waals surface area contributed by atoms with Gasteiger partial charge in [-0.3, -0.25) is 0 Å². The quantitative estimate of drug-likeness (QED) is 0.809. The minimum atomic E-state index is -0.322. The number of anilines is 1. The van der Waals surface area contributed by atoms with Crippen molar-refractivity contribution in [2.24, 2.45) is 0 Å². The third kappa shape index (κ3) is 2.57. The molecule has 5 heteroatoms. The number of aliphatic hydroxyl groups excluding tert-OH is 1. The molecule has 2 heterocycles. The van der Waals surface area contributed by atoms with Gasteiger partial charge in [-0.2, -0.15) is 0 Å². The highest BCUT2D eigenvalue weighted by Crippen LogP contribution is 2.27. The van der Waals surface area contributed by atoms with Gasteiger partial charge in [-0.05, 0) is 24.6 Å². The van der Waals surface area contributed by atoms with Crippen LogP contribution in [0.15, 0.2) is 48.5 Å². The molecule has 0 spiro atoms. The molecule has 4 nitrogen and oxygen atoms in total. The van der Waals surface area contributed by atoms with Gasteiger partial charge in [0.05, 0.1) is 23.7 Å². The van der Waals surface area contributed by atoms with Gasteiger partial charge in [0.25, 0.3) is 0 Å². The van der Waals surface area contributed by atoms with Crippen LogP contribution in [0.4, 0.5) is 10.3 Å². The Kier molecular flexibility index (Phi) is 3.50. The number of hydrogen-bond donors (Lipinski definition) is 1. The predicted octanol–water partition coefficient (Wildman–Crippen LogP) is 2.79. The first-order valence-corrected chi connectivity index (χ1v) is 7.84. The predicted molar refractivity (Wildman–Crippen MR) is 88.1 cm³/mol. The van der Waals surface area contributed by atoms with Crippen LogP contribution in [0.25, 0.3) is 11.0 Å². The fourth-order valence-corrected chi connectivity index (χ4v) is 3.18. The van der Waals surface area contributed by atoms with Crippen molar-refractivity contribution >= 4 is 17.0 Å². The lowest BCUT2D eigenvalue weighted by atomic mass is 10.2. The molecular weight excluding hydrogens is 293 g/mol. The van der Waals surface area contributed by atoms with Gasteiger partial charge in [0, 0.05) is 18.7 Å². The van der Waals surface area contributed by atoms with Crippen LogP contribution >= 0.6 is 0 Å². The Labute approximate surface area is 133 Å². The topological polar surface area (TPSA) is 41.3 Å². The number of halogens is 1. The van der Waals surface area contributed by atoms with Crippen molar-refractivity contribution in [3.63, 3.8) is 0 Å². The van der Waals surface area contributed by atoms with Crippen molar-refractivity contribution in [3.05, 3.63) is 59.9 Å². The van der Waals surface area contributed by atoms with Crippen molar-refractivity contribution in [1.82, 2.24) is 9.55 Å². The van der Waals surface area contributed by atoms with E-state index in [9.17, 15) is 9.50 Å². The summed E-state index contributed by atoms with van der Waals surface area (Å²) in [4.78, 5) is 6.79. The highest BCUT2D eigenvalue weighted by Gasteiger charge is 2.25. The lowest BCUT2D eigenvalue weighted by Crippen LogP contribution is -2.25. The molecule has 1 saturated heterocycles. The van der Waals surface area contributed by atoms with Crippen LogP contribution in [0.1, 0.15) is 12.0 Å². The summed E-state index contributed by atoms with van der Waals surface area (Å²) in [6.07, 6.45) is 0.417. The number of hydrogen-bond acceptors (Lipinski definition) is 3. The summed E-state index contributed by atoms with van der Waals surface area (Å²) in [6, 6.07) is 14.7. The van der Waals surface area contributed by atoms with Crippen molar-refractivity contribution < 1.29 is 9.50 Å². The SMILES string of the molecule is O[C@@H]1CCN(c2nc3ccccc3n2Cc2ccccc2F)C1. The van der Waals surface area contributed by atoms with E-state index < -0.39 is 0 Å². The van der Waals surface area contributed by atoms with Crippen molar-refractivity contribution in [1.29, 1.82) is 0 Å². The molecule has 1 atom stereocenters. The van der Waals surface area contributed by atoms with Gasteiger partial charge in [-0.15, -0.1) is 0 Å². The van der Waals surface area contributed by atoms with E-state index in [4.69, 9.17) is 4.98 Å². The minimum Gasteiger partial charge on any atom is -0.391 e. The Balaban J connectivity index is 1.81. The van der Waals surface area contributed by atoms with Gasteiger partial charge in [-0.25, -0.2) is 9.37 Å². The third-order valence-electron chi connectivity index (χ3n) is 4.37. The second kappa shape index (κ2) is 5.66. The Morgan fingerprint density at radius 1 is 1.13 bits per heavy atom. The number of nitrogens with zero attached hydrogens (tertiary/aromatic N) is 3. The molecule has 1 N–H and O–H groups in total. The number of imidazole rings is 1. The molecule has 0 saturated carbocycles. The molecule has 1 aromatic heterocycles. The molecule has 0 bridgehead atoms. The van der Waals surface area contributed by atoms with E-state index in [1.807, 2.05) is 34.9 Å². The van der Waals surface area contributed by atoms with Crippen LogP contribution in [0.3, 0.4) is 0 Å². The maximum atomic E-state index is 14.1. The van der Waals surface area contributed by atoms with Crippen LogP contribution in [0.5, 0.6) is 0 Å².